The third kappa shape index (κ3) is 13.4. The molecule has 16 heteroatoms. The van der Waals surface area contributed by atoms with Crippen LogP contribution in [-0.4, -0.2) is 75.9 Å². The zero-order valence-electron chi connectivity index (χ0n) is 34.5. The number of carboxylic acids is 2. The van der Waals surface area contributed by atoms with Crippen LogP contribution in [0.4, 0.5) is 17.1 Å². The number of carbonyl (C=O) groups excluding carboxylic acids is 4. The van der Waals surface area contributed by atoms with Crippen LogP contribution in [0.5, 0.6) is 0 Å². The summed E-state index contributed by atoms with van der Waals surface area (Å²) in [4.78, 5) is 52.4. The molecule has 0 spiro atoms. The van der Waals surface area contributed by atoms with Crippen LogP contribution in [0.2, 0.25) is 0 Å². The van der Waals surface area contributed by atoms with Crippen molar-refractivity contribution in [3.05, 3.63) is 119 Å². The number of aromatic carboxylic acids is 1. The van der Waals surface area contributed by atoms with E-state index in [2.05, 4.69) is 15.5 Å². The molecule has 0 aromatic heterocycles. The Morgan fingerprint density at radius 2 is 1.38 bits per heavy atom. The largest absolute Gasteiger partial charge is 1.00 e. The summed E-state index contributed by atoms with van der Waals surface area (Å²) in [7, 11) is -2.65. The number of anilines is 3. The summed E-state index contributed by atoms with van der Waals surface area (Å²) in [6, 6.07) is 24.6. The van der Waals surface area contributed by atoms with Crippen molar-refractivity contribution in [3.63, 3.8) is 0 Å². The number of carbonyl (C=O) groups is 4. The van der Waals surface area contributed by atoms with Gasteiger partial charge in [-0.15, -0.1) is 0 Å². The number of aryl methyl sites for hydroxylation is 2. The molecule has 1 aliphatic heterocycles. The van der Waals surface area contributed by atoms with E-state index >= 15 is 0 Å². The molecule has 4 aromatic rings. The first-order valence-corrected chi connectivity index (χ1v) is 21.1. The summed E-state index contributed by atoms with van der Waals surface area (Å²) in [5.41, 5.74) is 4.11. The number of amides is 2. The summed E-state index contributed by atoms with van der Waals surface area (Å²) in [6.07, 6.45) is 5.90. The molecule has 2 aliphatic rings. The summed E-state index contributed by atoms with van der Waals surface area (Å²) in [5, 5.41) is 28.3. The number of nitrogens with one attached hydrogen (secondary N) is 2. The predicted molar refractivity (Wildman–Crippen MR) is 216 cm³/mol. The second-order valence-electron chi connectivity index (χ2n) is 14.8. The second-order valence-corrected chi connectivity index (χ2v) is 16.7. The monoisotopic (exact) mass is 886 g/mol. The molecule has 13 nitrogen and oxygen atoms in total. The molecule has 60 heavy (non-hydrogen) atoms. The standard InChI is InChI=1S/C44H50N4O9S.2K/c1-57-27-26-48(36-20-16-33(17-21-36)44(53)54)58(55,56)38-7-5-6-34(28-38)41(49)46-40-23-22-37(47-24-3-2-4-25-47)29-39(40)42(50)45-35-18-12-31(13-19-35)9-8-30-10-14-32(15-11-30)43(51)52;;/h5-7,10-15,18-19,22-23,28-29,33,36H,2-4,8-9,16-17,20-21,24-27H2,1H3,(H,45,50)(H,46,49)(H,51,52)(H,53,54);;/q;2*+1/p-2. The minimum Gasteiger partial charge on any atom is -0.550 e. The van der Waals surface area contributed by atoms with E-state index in [0.717, 1.165) is 49.2 Å². The maximum atomic E-state index is 14.1. The quantitative estimate of drug-likeness (QED) is 0.123. The maximum Gasteiger partial charge on any atom is 1.00 e. The van der Waals surface area contributed by atoms with Gasteiger partial charge in [0.2, 0.25) is 10.0 Å². The van der Waals surface area contributed by atoms with E-state index in [9.17, 15) is 37.8 Å². The fraction of sp³-hybridized carbons (Fsp3) is 0.364. The molecular formula is C44H48K2N4O9S. The number of hydrogen-bond acceptors (Lipinski definition) is 10. The van der Waals surface area contributed by atoms with Crippen LogP contribution in [0.3, 0.4) is 0 Å². The molecule has 2 N–H and O–H groups in total. The summed E-state index contributed by atoms with van der Waals surface area (Å²) >= 11 is 0. The number of ether oxygens (including phenoxy) is 1. The first-order valence-electron chi connectivity index (χ1n) is 19.7. The third-order valence-electron chi connectivity index (χ3n) is 11.0. The Kier molecular flexibility index (Phi) is 20.1. The molecule has 0 atom stereocenters. The molecule has 1 saturated heterocycles. The van der Waals surface area contributed by atoms with Gasteiger partial charge in [0.15, 0.2) is 0 Å². The summed E-state index contributed by atoms with van der Waals surface area (Å²) in [5.74, 6) is -4.01. The van der Waals surface area contributed by atoms with Crippen molar-refractivity contribution in [2.45, 2.75) is 68.7 Å². The van der Waals surface area contributed by atoms with Gasteiger partial charge in [0.25, 0.3) is 11.8 Å². The van der Waals surface area contributed by atoms with Gasteiger partial charge in [-0.2, -0.15) is 4.31 Å². The number of carboxylic acid groups (broad SMARTS) is 2. The van der Waals surface area contributed by atoms with E-state index in [1.807, 2.05) is 18.2 Å². The number of benzene rings is 4. The number of piperidine rings is 1. The van der Waals surface area contributed by atoms with Crippen LogP contribution >= 0.6 is 0 Å². The number of aliphatic carboxylic acids is 1. The fourth-order valence-electron chi connectivity index (χ4n) is 7.63. The van der Waals surface area contributed by atoms with E-state index in [0.29, 0.717) is 44.2 Å². The van der Waals surface area contributed by atoms with E-state index in [1.165, 1.54) is 47.8 Å². The van der Waals surface area contributed by atoms with Crippen LogP contribution in [0.15, 0.2) is 95.9 Å². The number of methoxy groups -OCH3 is 1. The zero-order valence-corrected chi connectivity index (χ0v) is 41.5. The molecule has 1 heterocycles. The first kappa shape index (κ1) is 50.3. The van der Waals surface area contributed by atoms with Gasteiger partial charge in [0.05, 0.1) is 28.7 Å². The van der Waals surface area contributed by atoms with Crippen LogP contribution in [-0.2, 0) is 32.4 Å². The van der Waals surface area contributed by atoms with Gasteiger partial charge in [-0.1, -0.05) is 42.5 Å². The van der Waals surface area contributed by atoms with Crippen LogP contribution in [0, 0.1) is 5.92 Å². The minimum absolute atomic E-state index is 0. The molecule has 306 valence electrons. The van der Waals surface area contributed by atoms with Crippen molar-refractivity contribution in [3.8, 4) is 0 Å². The Morgan fingerprint density at radius 3 is 1.98 bits per heavy atom. The fourth-order valence-corrected chi connectivity index (χ4v) is 9.35. The van der Waals surface area contributed by atoms with Crippen molar-refractivity contribution < 1.29 is 145 Å². The normalized spacial score (nSPS) is 16.5. The minimum atomic E-state index is -4.12. The van der Waals surface area contributed by atoms with Gasteiger partial charge in [0.1, 0.15) is 0 Å². The average molecular weight is 887 g/mol. The van der Waals surface area contributed by atoms with Crippen molar-refractivity contribution >= 4 is 50.8 Å². The Hall–Kier alpha value is -2.30. The molecule has 0 radical (unpaired) electrons. The predicted octanol–water partition coefficient (Wildman–Crippen LogP) is -1.72. The third-order valence-corrected chi connectivity index (χ3v) is 12.9. The van der Waals surface area contributed by atoms with Crippen molar-refractivity contribution in [2.75, 3.05) is 48.9 Å². The number of nitrogens with zero attached hydrogens (tertiary/aromatic N) is 2. The smallest absolute Gasteiger partial charge is 0.550 e. The van der Waals surface area contributed by atoms with Gasteiger partial charge in [-0.05, 0) is 129 Å². The SMILES string of the molecule is COCCN(C1CCC(C(=O)[O-])CC1)S(=O)(=O)c1cccc(C(=O)Nc2ccc(N3CCCCC3)cc2C(=O)Nc2ccc(CCc3ccc(C(=O)[O-])cc3)cc2)c1.[K+].[K+]. The summed E-state index contributed by atoms with van der Waals surface area (Å²) < 4.78 is 34.7. The van der Waals surface area contributed by atoms with Gasteiger partial charge in [0, 0.05) is 55.7 Å². The van der Waals surface area contributed by atoms with Crippen molar-refractivity contribution in [1.29, 1.82) is 0 Å². The first-order chi connectivity index (χ1) is 27.9. The molecule has 0 unspecified atom stereocenters. The van der Waals surface area contributed by atoms with Gasteiger partial charge < -0.3 is 40.1 Å². The van der Waals surface area contributed by atoms with Crippen molar-refractivity contribution in [1.82, 2.24) is 4.31 Å². The number of sulfonamides is 1. The number of hydrogen-bond donors (Lipinski definition) is 2. The van der Waals surface area contributed by atoms with Crippen LogP contribution < -0.4 is 129 Å². The number of rotatable bonds is 16. The molecular weight excluding hydrogens is 839 g/mol. The van der Waals surface area contributed by atoms with Gasteiger partial charge >= 0.3 is 103 Å². The van der Waals surface area contributed by atoms with Crippen LogP contribution in [0.25, 0.3) is 0 Å². The Balaban J connectivity index is 0.00000397. The van der Waals surface area contributed by atoms with Crippen molar-refractivity contribution in [2.24, 2.45) is 5.92 Å². The Morgan fingerprint density at radius 1 is 0.750 bits per heavy atom. The Labute approximate surface area is 436 Å². The Bertz CT molecular complexity index is 2210. The van der Waals surface area contributed by atoms with E-state index < -0.39 is 45.7 Å². The molecule has 1 aliphatic carbocycles. The molecule has 4 aromatic carbocycles. The van der Waals surface area contributed by atoms with Gasteiger partial charge in [-0.25, -0.2) is 8.42 Å². The molecule has 2 amide bonds. The maximum absolute atomic E-state index is 14.1. The molecule has 1 saturated carbocycles. The summed E-state index contributed by atoms with van der Waals surface area (Å²) in [6.45, 7) is 1.88. The van der Waals surface area contributed by atoms with Gasteiger partial charge in [-0.3, -0.25) is 9.59 Å². The molecule has 6 rings (SSSR count). The van der Waals surface area contributed by atoms with E-state index in [-0.39, 0.29) is 143 Å². The second kappa shape index (κ2) is 24.0. The average Bonchev–Trinajstić information content (AvgIpc) is 3.24. The topological polar surface area (TPSA) is 188 Å². The molecule has 0 bridgehead atoms. The van der Waals surface area contributed by atoms with E-state index in [4.69, 9.17) is 4.74 Å². The van der Waals surface area contributed by atoms with Crippen LogP contribution in [0.1, 0.15) is 87.1 Å². The molecule has 2 fully saturated rings. The van der Waals surface area contributed by atoms with E-state index in [1.54, 1.807) is 36.4 Å². The zero-order chi connectivity index (χ0) is 41.2.